The first-order valence-corrected chi connectivity index (χ1v) is 10.8. The molecule has 0 aliphatic heterocycles. The summed E-state index contributed by atoms with van der Waals surface area (Å²) in [5.74, 6) is 0.00604. The Morgan fingerprint density at radius 3 is 2.43 bits per heavy atom. The topological polar surface area (TPSA) is 70.6 Å². The number of halogens is 1. The van der Waals surface area contributed by atoms with Gasteiger partial charge in [0.2, 0.25) is 5.91 Å². The molecule has 0 spiro atoms. The van der Waals surface area contributed by atoms with Gasteiger partial charge < -0.3 is 5.32 Å². The fourth-order valence-corrected chi connectivity index (χ4v) is 4.20. The van der Waals surface area contributed by atoms with Crippen molar-refractivity contribution in [2.24, 2.45) is 11.0 Å². The first kappa shape index (κ1) is 20.3. The van der Waals surface area contributed by atoms with Crippen LogP contribution in [0.2, 0.25) is 4.34 Å². The van der Waals surface area contributed by atoms with E-state index in [4.69, 9.17) is 11.6 Å². The second-order valence-electron chi connectivity index (χ2n) is 7.17. The first-order valence-electron chi connectivity index (χ1n) is 9.57. The Labute approximate surface area is 183 Å². The van der Waals surface area contributed by atoms with E-state index >= 15 is 0 Å². The van der Waals surface area contributed by atoms with Crippen LogP contribution in [0.4, 0.5) is 5.69 Å². The summed E-state index contributed by atoms with van der Waals surface area (Å²) in [4.78, 5) is 25.1. The van der Waals surface area contributed by atoms with Crippen molar-refractivity contribution in [1.29, 1.82) is 0 Å². The van der Waals surface area contributed by atoms with Crippen molar-refractivity contribution in [3.8, 4) is 0 Å². The Balaban J connectivity index is 1.32. The van der Waals surface area contributed by atoms with E-state index in [0.717, 1.165) is 12.0 Å². The molecule has 1 aromatic heterocycles. The molecule has 1 saturated carbocycles. The van der Waals surface area contributed by atoms with Crippen LogP contribution in [0, 0.1) is 5.92 Å². The average Bonchev–Trinajstić information content (AvgIpc) is 3.46. The molecule has 2 amide bonds. The Morgan fingerprint density at radius 2 is 1.77 bits per heavy atom. The van der Waals surface area contributed by atoms with E-state index in [1.807, 2.05) is 37.3 Å². The highest BCUT2D eigenvalue weighted by atomic mass is 35.5. The van der Waals surface area contributed by atoms with E-state index in [2.05, 4.69) is 28.0 Å². The molecule has 2 aromatic carbocycles. The van der Waals surface area contributed by atoms with Crippen molar-refractivity contribution in [1.82, 2.24) is 5.43 Å². The predicted molar refractivity (Wildman–Crippen MR) is 121 cm³/mol. The van der Waals surface area contributed by atoms with Crippen LogP contribution < -0.4 is 10.7 Å². The zero-order valence-corrected chi connectivity index (χ0v) is 17.8. The fourth-order valence-electron chi connectivity index (χ4n) is 3.26. The quantitative estimate of drug-likeness (QED) is 0.406. The van der Waals surface area contributed by atoms with Crippen LogP contribution in [0.1, 0.15) is 40.1 Å². The average molecular weight is 438 g/mol. The van der Waals surface area contributed by atoms with Gasteiger partial charge in [-0.25, -0.2) is 5.43 Å². The van der Waals surface area contributed by atoms with Crippen molar-refractivity contribution in [2.75, 3.05) is 5.32 Å². The molecule has 0 bridgehead atoms. The molecule has 5 nitrogen and oxygen atoms in total. The molecule has 7 heteroatoms. The van der Waals surface area contributed by atoms with Crippen molar-refractivity contribution in [3.05, 3.63) is 87.1 Å². The molecule has 2 unspecified atom stereocenters. The SMILES string of the molecule is C/C(=N/NC(=O)C1CC1c1ccccc1)c1ccc(NC(=O)c2ccc(Cl)s2)cc1. The van der Waals surface area contributed by atoms with Crippen LogP contribution in [0.3, 0.4) is 0 Å². The van der Waals surface area contributed by atoms with Gasteiger partial charge in [-0.2, -0.15) is 5.10 Å². The third-order valence-electron chi connectivity index (χ3n) is 5.05. The highest BCUT2D eigenvalue weighted by molar-refractivity contribution is 7.18. The number of nitrogens with one attached hydrogen (secondary N) is 2. The fraction of sp³-hybridized carbons (Fsp3) is 0.174. The van der Waals surface area contributed by atoms with E-state index in [0.29, 0.717) is 20.6 Å². The number of nitrogens with zero attached hydrogens (tertiary/aromatic N) is 1. The van der Waals surface area contributed by atoms with Gasteiger partial charge in [0.05, 0.1) is 14.9 Å². The zero-order valence-electron chi connectivity index (χ0n) is 16.3. The Morgan fingerprint density at radius 1 is 1.03 bits per heavy atom. The Hall–Kier alpha value is -2.96. The molecule has 1 aliphatic rings. The number of carbonyl (C=O) groups excluding carboxylic acids is 2. The molecule has 3 aromatic rings. The lowest BCUT2D eigenvalue weighted by Gasteiger charge is -2.06. The number of anilines is 1. The molecule has 152 valence electrons. The number of benzene rings is 2. The number of thiophene rings is 1. The predicted octanol–water partition coefficient (Wildman–Crippen LogP) is 5.30. The highest BCUT2D eigenvalue weighted by Gasteiger charge is 2.43. The summed E-state index contributed by atoms with van der Waals surface area (Å²) in [6.07, 6.45) is 0.855. The number of rotatable bonds is 6. The molecule has 1 fully saturated rings. The molecular weight excluding hydrogens is 418 g/mol. The van der Waals surface area contributed by atoms with Crippen molar-refractivity contribution < 1.29 is 9.59 Å². The Kier molecular flexibility index (Phi) is 5.97. The van der Waals surface area contributed by atoms with Gasteiger partial charge in [0.15, 0.2) is 0 Å². The normalized spacial score (nSPS) is 18.0. The molecule has 2 atom stereocenters. The maximum Gasteiger partial charge on any atom is 0.265 e. The molecule has 4 rings (SSSR count). The minimum Gasteiger partial charge on any atom is -0.321 e. The number of amides is 2. The van der Waals surface area contributed by atoms with Crippen LogP contribution in [0.5, 0.6) is 0 Å². The van der Waals surface area contributed by atoms with Gasteiger partial charge in [0.1, 0.15) is 0 Å². The summed E-state index contributed by atoms with van der Waals surface area (Å²) in [6.45, 7) is 1.84. The van der Waals surface area contributed by atoms with E-state index in [1.165, 1.54) is 16.9 Å². The molecule has 30 heavy (non-hydrogen) atoms. The van der Waals surface area contributed by atoms with Gasteiger partial charge in [-0.05, 0) is 54.7 Å². The molecule has 0 saturated heterocycles. The van der Waals surface area contributed by atoms with E-state index in [1.54, 1.807) is 24.3 Å². The molecular formula is C23H20ClN3O2S. The summed E-state index contributed by atoms with van der Waals surface area (Å²) in [7, 11) is 0. The van der Waals surface area contributed by atoms with Gasteiger partial charge in [0.25, 0.3) is 5.91 Å². The maximum atomic E-state index is 12.4. The van der Waals surface area contributed by atoms with Gasteiger partial charge in [0, 0.05) is 11.6 Å². The summed E-state index contributed by atoms with van der Waals surface area (Å²) in [5, 5.41) is 7.08. The number of hydrogen-bond donors (Lipinski definition) is 2. The van der Waals surface area contributed by atoms with E-state index in [9.17, 15) is 9.59 Å². The van der Waals surface area contributed by atoms with Gasteiger partial charge in [-0.3, -0.25) is 9.59 Å². The monoisotopic (exact) mass is 437 g/mol. The van der Waals surface area contributed by atoms with Crippen LogP contribution in [-0.2, 0) is 4.79 Å². The van der Waals surface area contributed by atoms with Crippen LogP contribution >= 0.6 is 22.9 Å². The standard InChI is InChI=1S/C23H20ClN3O2S/c1-14(26-27-22(28)19-13-18(19)16-5-3-2-4-6-16)15-7-9-17(10-8-15)25-23(29)20-11-12-21(24)30-20/h2-12,18-19H,13H2,1H3,(H,25,29)(H,27,28)/b26-14-. The summed E-state index contributed by atoms with van der Waals surface area (Å²) in [5.41, 5.74) is 6.11. The molecule has 1 aliphatic carbocycles. The maximum absolute atomic E-state index is 12.4. The van der Waals surface area contributed by atoms with E-state index in [-0.39, 0.29) is 23.7 Å². The third kappa shape index (κ3) is 4.78. The summed E-state index contributed by atoms with van der Waals surface area (Å²) >= 11 is 7.11. The minimum atomic E-state index is -0.199. The first-order chi connectivity index (χ1) is 14.5. The summed E-state index contributed by atoms with van der Waals surface area (Å²) in [6, 6.07) is 20.8. The van der Waals surface area contributed by atoms with Crippen molar-refractivity contribution >= 4 is 46.2 Å². The molecule has 2 N–H and O–H groups in total. The van der Waals surface area contributed by atoms with Crippen LogP contribution in [0.25, 0.3) is 0 Å². The third-order valence-corrected chi connectivity index (χ3v) is 6.28. The number of hydrazone groups is 1. The number of carbonyl (C=O) groups is 2. The minimum absolute atomic E-state index is 0.0210. The second-order valence-corrected chi connectivity index (χ2v) is 8.88. The van der Waals surface area contributed by atoms with Crippen LogP contribution in [0.15, 0.2) is 71.8 Å². The Bertz CT molecular complexity index is 1090. The lowest BCUT2D eigenvalue weighted by Crippen LogP contribution is -2.21. The summed E-state index contributed by atoms with van der Waals surface area (Å²) < 4.78 is 0.575. The van der Waals surface area contributed by atoms with Crippen molar-refractivity contribution in [2.45, 2.75) is 19.3 Å². The molecule has 1 heterocycles. The smallest absolute Gasteiger partial charge is 0.265 e. The van der Waals surface area contributed by atoms with Gasteiger partial charge in [-0.15, -0.1) is 11.3 Å². The van der Waals surface area contributed by atoms with Crippen molar-refractivity contribution in [3.63, 3.8) is 0 Å². The largest absolute Gasteiger partial charge is 0.321 e. The van der Waals surface area contributed by atoms with Crippen LogP contribution in [-0.4, -0.2) is 17.5 Å². The molecule has 0 radical (unpaired) electrons. The highest BCUT2D eigenvalue weighted by Crippen LogP contribution is 2.47. The lowest BCUT2D eigenvalue weighted by atomic mass is 10.1. The second kappa shape index (κ2) is 8.81. The van der Waals surface area contributed by atoms with E-state index < -0.39 is 0 Å². The number of hydrogen-bond acceptors (Lipinski definition) is 4. The van der Waals surface area contributed by atoms with Gasteiger partial charge in [-0.1, -0.05) is 54.1 Å². The van der Waals surface area contributed by atoms with Gasteiger partial charge >= 0.3 is 0 Å². The zero-order chi connectivity index (χ0) is 21.1. The lowest BCUT2D eigenvalue weighted by molar-refractivity contribution is -0.122.